The van der Waals surface area contributed by atoms with Crippen LogP contribution in [0.1, 0.15) is 54.4 Å². The second-order valence-electron chi connectivity index (χ2n) is 9.49. The molecule has 1 aliphatic heterocycles. The standard InChI is InChI=1S/C27H32BrClN4O7S/c1-4-39-25(35)15-21(20-7-8-22-27(17(20)2)30-31-33(22)11-6-5-10-28)18-13-19(26(29)23(14-18)38-3)16-32-12-9-24(34)40-41(32,36)37/h7-9,13-14,21,34H,4-6,10-12,15-16H2,1-3H3. The lowest BCUT2D eigenvalue weighted by Gasteiger charge is -2.26. The van der Waals surface area contributed by atoms with E-state index in [1.807, 2.05) is 23.7 Å². The van der Waals surface area contributed by atoms with Crippen LogP contribution in [0.4, 0.5) is 0 Å². The summed E-state index contributed by atoms with van der Waals surface area (Å²) in [5.74, 6) is -1.24. The first-order valence-electron chi connectivity index (χ1n) is 13.1. The van der Waals surface area contributed by atoms with Gasteiger partial charge in [-0.15, -0.1) is 5.10 Å². The SMILES string of the molecule is CCOC(=O)CC(c1cc(CN2CC=C(O)OS2(=O)=O)c(Cl)c(OC)c1)c1ccc2c(nnn2CCCCBr)c1C. The topological polar surface area (TPSA) is 133 Å². The molecule has 2 aromatic carbocycles. The summed E-state index contributed by atoms with van der Waals surface area (Å²) in [4.78, 5) is 12.8. The molecule has 1 aliphatic rings. The molecule has 2 heterocycles. The second-order valence-corrected chi connectivity index (χ2v) is 12.2. The first-order chi connectivity index (χ1) is 19.6. The van der Waals surface area contributed by atoms with Crippen LogP contribution in [0.3, 0.4) is 0 Å². The number of fused-ring (bicyclic) bond motifs is 1. The molecule has 222 valence electrons. The van der Waals surface area contributed by atoms with Crippen molar-refractivity contribution in [1.29, 1.82) is 0 Å². The average molecular weight is 672 g/mol. The summed E-state index contributed by atoms with van der Waals surface area (Å²) in [5.41, 5.74) is 4.46. The van der Waals surface area contributed by atoms with Gasteiger partial charge in [-0.05, 0) is 61.1 Å². The molecule has 1 atom stereocenters. The van der Waals surface area contributed by atoms with Crippen LogP contribution in [0.5, 0.6) is 5.75 Å². The van der Waals surface area contributed by atoms with Crippen molar-refractivity contribution in [2.45, 2.75) is 52.1 Å². The zero-order chi connectivity index (χ0) is 29.7. The molecule has 0 spiro atoms. The molecule has 0 saturated heterocycles. The van der Waals surface area contributed by atoms with Gasteiger partial charge >= 0.3 is 16.3 Å². The number of hydrogen-bond donors (Lipinski definition) is 1. The minimum atomic E-state index is -4.23. The highest BCUT2D eigenvalue weighted by atomic mass is 79.9. The van der Waals surface area contributed by atoms with Crippen molar-refractivity contribution < 1.29 is 32.0 Å². The third kappa shape index (κ3) is 6.96. The monoisotopic (exact) mass is 670 g/mol. The van der Waals surface area contributed by atoms with Crippen LogP contribution in [0.25, 0.3) is 11.0 Å². The van der Waals surface area contributed by atoms with Gasteiger partial charge in [0.15, 0.2) is 0 Å². The van der Waals surface area contributed by atoms with E-state index in [0.29, 0.717) is 16.9 Å². The Kier molecular flexibility index (Phi) is 10.2. The van der Waals surface area contributed by atoms with Gasteiger partial charge in [0.2, 0.25) is 0 Å². The molecule has 3 aromatic rings. The highest BCUT2D eigenvalue weighted by Crippen LogP contribution is 2.39. The van der Waals surface area contributed by atoms with E-state index >= 15 is 0 Å². The number of rotatable bonds is 12. The molecule has 41 heavy (non-hydrogen) atoms. The Morgan fingerprint density at radius 1 is 1.29 bits per heavy atom. The molecule has 0 aliphatic carbocycles. The fourth-order valence-corrected chi connectivity index (χ4v) is 6.41. The third-order valence-corrected chi connectivity index (χ3v) is 9.15. The number of alkyl halides is 1. The number of ether oxygens (including phenoxy) is 2. The molecule has 0 amide bonds. The fourth-order valence-electron chi connectivity index (χ4n) is 4.82. The van der Waals surface area contributed by atoms with Gasteiger partial charge in [0.05, 0.1) is 30.7 Å². The van der Waals surface area contributed by atoms with Gasteiger partial charge in [0.1, 0.15) is 11.3 Å². The molecule has 1 aromatic heterocycles. The third-order valence-electron chi connectivity index (χ3n) is 6.87. The number of unbranched alkanes of at least 4 members (excludes halogenated alkanes) is 1. The van der Waals surface area contributed by atoms with Crippen LogP contribution in [0.15, 0.2) is 36.3 Å². The van der Waals surface area contributed by atoms with Crippen molar-refractivity contribution in [2.24, 2.45) is 0 Å². The predicted molar refractivity (Wildman–Crippen MR) is 158 cm³/mol. The van der Waals surface area contributed by atoms with Crippen molar-refractivity contribution in [2.75, 3.05) is 25.6 Å². The van der Waals surface area contributed by atoms with Crippen LogP contribution >= 0.6 is 27.5 Å². The van der Waals surface area contributed by atoms with Gasteiger partial charge in [-0.2, -0.15) is 12.7 Å². The van der Waals surface area contributed by atoms with E-state index in [1.54, 1.807) is 19.1 Å². The Morgan fingerprint density at radius 2 is 2.07 bits per heavy atom. The number of esters is 1. The summed E-state index contributed by atoms with van der Waals surface area (Å²) in [6, 6.07) is 7.41. The Balaban J connectivity index is 1.79. The quantitative estimate of drug-likeness (QED) is 0.158. The molecular weight excluding hydrogens is 640 g/mol. The normalized spacial score (nSPS) is 15.8. The van der Waals surface area contributed by atoms with Crippen LogP contribution in [0, 0.1) is 6.92 Å². The molecule has 0 saturated carbocycles. The summed E-state index contributed by atoms with van der Waals surface area (Å²) in [5, 5.41) is 19.5. The maximum Gasteiger partial charge on any atom is 0.388 e. The number of aryl methyl sites for hydroxylation is 2. The van der Waals surface area contributed by atoms with E-state index < -0.39 is 28.1 Å². The molecule has 0 fully saturated rings. The molecule has 0 bridgehead atoms. The van der Waals surface area contributed by atoms with E-state index in [1.165, 1.54) is 13.2 Å². The predicted octanol–water partition coefficient (Wildman–Crippen LogP) is 5.14. The molecule has 1 N–H and O–H groups in total. The lowest BCUT2D eigenvalue weighted by Crippen LogP contribution is -2.35. The lowest BCUT2D eigenvalue weighted by atomic mass is 9.84. The minimum Gasteiger partial charge on any atom is -0.495 e. The average Bonchev–Trinajstić information content (AvgIpc) is 3.34. The van der Waals surface area contributed by atoms with E-state index in [0.717, 1.165) is 51.2 Å². The van der Waals surface area contributed by atoms with Crippen LogP contribution in [-0.4, -0.2) is 64.4 Å². The number of aliphatic hydroxyl groups excluding tert-OH is 1. The highest BCUT2D eigenvalue weighted by molar-refractivity contribution is 9.09. The van der Waals surface area contributed by atoms with Crippen LogP contribution in [0.2, 0.25) is 5.02 Å². The number of hydrogen-bond acceptors (Lipinski definition) is 9. The first kappa shape index (κ1) is 31.1. The van der Waals surface area contributed by atoms with E-state index in [2.05, 4.69) is 30.4 Å². The number of halogens is 2. The second kappa shape index (κ2) is 13.4. The number of nitrogens with zero attached hydrogens (tertiary/aromatic N) is 4. The summed E-state index contributed by atoms with van der Waals surface area (Å²) in [7, 11) is -2.77. The summed E-state index contributed by atoms with van der Waals surface area (Å²) >= 11 is 10.1. The van der Waals surface area contributed by atoms with Crippen molar-refractivity contribution in [3.05, 3.63) is 63.6 Å². The molecule has 14 heteroatoms. The zero-order valence-electron chi connectivity index (χ0n) is 23.0. The number of aromatic nitrogens is 3. The maximum absolute atomic E-state index is 12.8. The first-order valence-corrected chi connectivity index (χ1v) is 15.9. The van der Waals surface area contributed by atoms with Gasteiger partial charge in [-0.1, -0.05) is 44.9 Å². The number of benzene rings is 2. The van der Waals surface area contributed by atoms with Crippen molar-refractivity contribution in [1.82, 2.24) is 19.3 Å². The summed E-state index contributed by atoms with van der Waals surface area (Å²) < 4.78 is 43.4. The Hall–Kier alpha value is -2.87. The van der Waals surface area contributed by atoms with Crippen LogP contribution < -0.4 is 4.74 Å². The van der Waals surface area contributed by atoms with Crippen molar-refractivity contribution in [3.8, 4) is 5.75 Å². The number of aliphatic hydroxyl groups is 1. The molecular formula is C27H32BrClN4O7S. The lowest BCUT2D eigenvalue weighted by molar-refractivity contribution is -0.143. The van der Waals surface area contributed by atoms with E-state index in [9.17, 15) is 18.3 Å². The van der Waals surface area contributed by atoms with E-state index in [-0.39, 0.29) is 31.1 Å². The molecule has 4 rings (SSSR count). The van der Waals surface area contributed by atoms with Gasteiger partial charge in [-0.25, -0.2) is 4.68 Å². The Bertz CT molecular complexity index is 1560. The molecule has 0 radical (unpaired) electrons. The highest BCUT2D eigenvalue weighted by Gasteiger charge is 2.31. The number of carbonyl (C=O) groups excluding carboxylic acids is 1. The fraction of sp³-hybridized carbons (Fsp3) is 0.444. The molecule has 11 nitrogen and oxygen atoms in total. The molecule has 1 unspecified atom stereocenters. The van der Waals surface area contributed by atoms with Gasteiger partial charge in [0, 0.05) is 37.0 Å². The summed E-state index contributed by atoms with van der Waals surface area (Å²) in [6.45, 7) is 4.40. The maximum atomic E-state index is 12.8. The van der Waals surface area contributed by atoms with Crippen molar-refractivity contribution >= 4 is 54.8 Å². The largest absolute Gasteiger partial charge is 0.495 e. The van der Waals surface area contributed by atoms with Gasteiger partial charge in [-0.3, -0.25) is 4.79 Å². The number of methoxy groups -OCH3 is 1. The zero-order valence-corrected chi connectivity index (χ0v) is 26.1. The van der Waals surface area contributed by atoms with Gasteiger partial charge in [0.25, 0.3) is 5.95 Å². The van der Waals surface area contributed by atoms with Crippen molar-refractivity contribution in [3.63, 3.8) is 0 Å². The number of carbonyl (C=O) groups is 1. The summed E-state index contributed by atoms with van der Waals surface area (Å²) in [6.07, 6.45) is 3.23. The smallest absolute Gasteiger partial charge is 0.388 e. The van der Waals surface area contributed by atoms with Crippen LogP contribution in [-0.2, 0) is 37.1 Å². The Morgan fingerprint density at radius 3 is 2.76 bits per heavy atom. The van der Waals surface area contributed by atoms with E-state index in [4.69, 9.17) is 21.1 Å². The Labute approximate surface area is 252 Å². The minimum absolute atomic E-state index is 0.0194. The van der Waals surface area contributed by atoms with Gasteiger partial charge < -0.3 is 18.8 Å².